The molecular weight excluding hydrogens is 227 g/mol. The zero-order valence-corrected chi connectivity index (χ0v) is 11.4. The summed E-state index contributed by atoms with van der Waals surface area (Å²) < 4.78 is 17.1. The van der Waals surface area contributed by atoms with E-state index in [1.807, 2.05) is 52.0 Å². The molecule has 0 amide bonds. The van der Waals surface area contributed by atoms with Crippen LogP contribution in [-0.4, -0.2) is 18.3 Å². The van der Waals surface area contributed by atoms with Crippen molar-refractivity contribution in [3.8, 4) is 5.75 Å². The summed E-state index contributed by atoms with van der Waals surface area (Å²) in [5.74, 6) is 0.755. The van der Waals surface area contributed by atoms with Crippen LogP contribution in [0.1, 0.15) is 27.7 Å². The van der Waals surface area contributed by atoms with Gasteiger partial charge in [-0.3, -0.25) is 0 Å². The van der Waals surface area contributed by atoms with Crippen molar-refractivity contribution in [1.29, 1.82) is 0 Å². The van der Waals surface area contributed by atoms with E-state index < -0.39 is 0 Å². The van der Waals surface area contributed by atoms with Gasteiger partial charge in [0.25, 0.3) is 0 Å². The standard InChI is InChI=1S/C14H19BO3/c1-6-16-12-9-7-11(8-10-12)15-17-13(2,3)14(4,5)18-15/h6-10H,1H2,2-5H3. The molecule has 18 heavy (non-hydrogen) atoms. The Morgan fingerprint density at radius 2 is 1.56 bits per heavy atom. The van der Waals surface area contributed by atoms with Crippen LogP contribution in [0.5, 0.6) is 5.75 Å². The molecule has 4 heteroatoms. The van der Waals surface area contributed by atoms with Gasteiger partial charge in [0.1, 0.15) is 5.75 Å². The summed E-state index contributed by atoms with van der Waals surface area (Å²) in [5, 5.41) is 0. The Hall–Kier alpha value is -1.26. The largest absolute Gasteiger partial charge is 0.494 e. The molecule has 0 spiro atoms. The Morgan fingerprint density at radius 1 is 1.06 bits per heavy atom. The average molecular weight is 246 g/mol. The first-order valence-electron chi connectivity index (χ1n) is 6.09. The molecule has 1 aromatic rings. The Balaban J connectivity index is 2.17. The highest BCUT2D eigenvalue weighted by atomic mass is 16.7. The van der Waals surface area contributed by atoms with Gasteiger partial charge in [0.2, 0.25) is 0 Å². The van der Waals surface area contributed by atoms with E-state index in [2.05, 4.69) is 6.58 Å². The van der Waals surface area contributed by atoms with Crippen molar-refractivity contribution in [2.45, 2.75) is 38.9 Å². The first-order valence-corrected chi connectivity index (χ1v) is 6.09. The zero-order chi connectivity index (χ0) is 13.4. The maximum atomic E-state index is 5.97. The number of benzene rings is 1. The topological polar surface area (TPSA) is 27.7 Å². The van der Waals surface area contributed by atoms with E-state index >= 15 is 0 Å². The smallest absolute Gasteiger partial charge is 0.466 e. The predicted octanol–water partition coefficient (Wildman–Crippen LogP) is 2.51. The minimum absolute atomic E-state index is 0.312. The fourth-order valence-corrected chi connectivity index (χ4v) is 1.78. The van der Waals surface area contributed by atoms with Crippen LogP contribution in [0.15, 0.2) is 37.1 Å². The summed E-state index contributed by atoms with van der Waals surface area (Å²) in [7, 11) is -0.326. The van der Waals surface area contributed by atoms with Gasteiger partial charge in [0, 0.05) is 0 Å². The molecule has 1 fully saturated rings. The van der Waals surface area contributed by atoms with E-state index in [0.29, 0.717) is 0 Å². The van der Waals surface area contributed by atoms with Gasteiger partial charge >= 0.3 is 7.12 Å². The van der Waals surface area contributed by atoms with Crippen LogP contribution in [0, 0.1) is 0 Å². The number of hydrogen-bond donors (Lipinski definition) is 0. The molecule has 0 saturated carbocycles. The van der Waals surface area contributed by atoms with Gasteiger partial charge in [-0.1, -0.05) is 18.7 Å². The van der Waals surface area contributed by atoms with Gasteiger partial charge in [-0.15, -0.1) is 0 Å². The van der Waals surface area contributed by atoms with E-state index in [1.54, 1.807) is 0 Å². The molecule has 1 heterocycles. The monoisotopic (exact) mass is 246 g/mol. The fourth-order valence-electron chi connectivity index (χ4n) is 1.78. The Bertz CT molecular complexity index is 421. The second kappa shape index (κ2) is 4.45. The lowest BCUT2D eigenvalue weighted by Gasteiger charge is -2.32. The number of rotatable bonds is 3. The molecule has 1 saturated heterocycles. The minimum Gasteiger partial charge on any atom is -0.466 e. The first-order chi connectivity index (χ1) is 8.36. The number of ether oxygens (including phenoxy) is 1. The van der Waals surface area contributed by atoms with E-state index in [4.69, 9.17) is 14.0 Å². The van der Waals surface area contributed by atoms with Crippen molar-refractivity contribution in [2.75, 3.05) is 0 Å². The van der Waals surface area contributed by atoms with Gasteiger partial charge in [-0.05, 0) is 45.3 Å². The lowest BCUT2D eigenvalue weighted by molar-refractivity contribution is 0.00578. The summed E-state index contributed by atoms with van der Waals surface area (Å²) in [6.45, 7) is 11.7. The molecule has 1 aliphatic rings. The van der Waals surface area contributed by atoms with Gasteiger partial charge in [-0.25, -0.2) is 0 Å². The normalized spacial score (nSPS) is 20.8. The molecular formula is C14H19BO3. The third-order valence-electron chi connectivity index (χ3n) is 3.62. The van der Waals surface area contributed by atoms with Crippen LogP contribution in [0.4, 0.5) is 0 Å². The summed E-state index contributed by atoms with van der Waals surface area (Å²) in [6.07, 6.45) is 1.41. The van der Waals surface area contributed by atoms with Crippen molar-refractivity contribution in [3.63, 3.8) is 0 Å². The minimum atomic E-state index is -0.326. The Kier molecular flexibility index (Phi) is 3.26. The zero-order valence-electron chi connectivity index (χ0n) is 11.4. The third-order valence-corrected chi connectivity index (χ3v) is 3.62. The van der Waals surface area contributed by atoms with Gasteiger partial charge in [0.15, 0.2) is 0 Å². The second-order valence-electron chi connectivity index (χ2n) is 5.44. The molecule has 1 aliphatic heterocycles. The van der Waals surface area contributed by atoms with Gasteiger partial charge in [0.05, 0.1) is 17.5 Å². The molecule has 0 bridgehead atoms. The second-order valence-corrected chi connectivity index (χ2v) is 5.44. The maximum absolute atomic E-state index is 5.97. The van der Waals surface area contributed by atoms with Crippen molar-refractivity contribution in [2.24, 2.45) is 0 Å². The predicted molar refractivity (Wildman–Crippen MR) is 73.0 cm³/mol. The van der Waals surface area contributed by atoms with Crippen LogP contribution < -0.4 is 10.2 Å². The summed E-state index contributed by atoms with van der Waals surface area (Å²) in [4.78, 5) is 0. The van der Waals surface area contributed by atoms with Gasteiger partial charge < -0.3 is 14.0 Å². The summed E-state index contributed by atoms with van der Waals surface area (Å²) in [5.41, 5.74) is 0.368. The van der Waals surface area contributed by atoms with Crippen LogP contribution in [-0.2, 0) is 9.31 Å². The highest BCUT2D eigenvalue weighted by Gasteiger charge is 2.51. The molecule has 3 nitrogen and oxygen atoms in total. The van der Waals surface area contributed by atoms with E-state index in [-0.39, 0.29) is 18.3 Å². The summed E-state index contributed by atoms with van der Waals surface area (Å²) in [6, 6.07) is 7.64. The van der Waals surface area contributed by atoms with Crippen molar-refractivity contribution < 1.29 is 14.0 Å². The number of hydrogen-bond acceptors (Lipinski definition) is 3. The average Bonchev–Trinajstić information content (AvgIpc) is 2.50. The highest BCUT2D eigenvalue weighted by Crippen LogP contribution is 2.36. The molecule has 0 aromatic heterocycles. The van der Waals surface area contributed by atoms with E-state index in [1.165, 1.54) is 6.26 Å². The molecule has 0 aliphatic carbocycles. The van der Waals surface area contributed by atoms with E-state index in [0.717, 1.165) is 11.2 Å². The van der Waals surface area contributed by atoms with Crippen LogP contribution in [0.25, 0.3) is 0 Å². The molecule has 0 radical (unpaired) electrons. The van der Waals surface area contributed by atoms with E-state index in [9.17, 15) is 0 Å². The quantitative estimate of drug-likeness (QED) is 0.605. The Morgan fingerprint density at radius 3 is 2.00 bits per heavy atom. The highest BCUT2D eigenvalue weighted by molar-refractivity contribution is 6.62. The Labute approximate surface area is 109 Å². The molecule has 96 valence electrons. The SMILES string of the molecule is C=COc1ccc(B2OC(C)(C)C(C)(C)O2)cc1. The fraction of sp³-hybridized carbons (Fsp3) is 0.429. The van der Waals surface area contributed by atoms with Crippen molar-refractivity contribution >= 4 is 12.6 Å². The lowest BCUT2D eigenvalue weighted by Crippen LogP contribution is -2.41. The van der Waals surface area contributed by atoms with Crippen molar-refractivity contribution in [1.82, 2.24) is 0 Å². The molecule has 1 aromatic carbocycles. The van der Waals surface area contributed by atoms with Crippen LogP contribution in [0.3, 0.4) is 0 Å². The molecule has 2 rings (SSSR count). The summed E-state index contributed by atoms with van der Waals surface area (Å²) >= 11 is 0. The maximum Gasteiger partial charge on any atom is 0.494 e. The molecule has 0 unspecified atom stereocenters. The van der Waals surface area contributed by atoms with Crippen LogP contribution >= 0.6 is 0 Å². The lowest BCUT2D eigenvalue weighted by atomic mass is 9.79. The first kappa shape index (κ1) is 13.2. The van der Waals surface area contributed by atoms with Crippen LogP contribution in [0.2, 0.25) is 0 Å². The third kappa shape index (κ3) is 2.31. The van der Waals surface area contributed by atoms with Crippen molar-refractivity contribution in [3.05, 3.63) is 37.1 Å². The van der Waals surface area contributed by atoms with Gasteiger partial charge in [-0.2, -0.15) is 0 Å². The molecule has 0 N–H and O–H groups in total. The molecule has 0 atom stereocenters.